The molecule has 0 bridgehead atoms. The zero-order valence-corrected chi connectivity index (χ0v) is 12.4. The molecule has 1 nitrogen and oxygen atoms in total. The van der Waals surface area contributed by atoms with Crippen LogP contribution in [-0.2, 0) is 4.74 Å². The molecule has 1 rings (SSSR count). The van der Waals surface area contributed by atoms with Gasteiger partial charge in [-0.3, -0.25) is 0 Å². The fourth-order valence-electron chi connectivity index (χ4n) is 3.13. The van der Waals surface area contributed by atoms with Gasteiger partial charge in [0.25, 0.3) is 0 Å². The Hall–Kier alpha value is -0.0400. The van der Waals surface area contributed by atoms with Crippen LogP contribution in [0.4, 0.5) is 0 Å². The highest BCUT2D eigenvalue weighted by atomic mass is 16.5. The zero-order valence-electron chi connectivity index (χ0n) is 12.4. The third-order valence-electron chi connectivity index (χ3n) is 4.63. The average Bonchev–Trinajstić information content (AvgIpc) is 2.30. The second-order valence-corrected chi connectivity index (χ2v) is 6.40. The van der Waals surface area contributed by atoms with Gasteiger partial charge in [0.05, 0.1) is 6.10 Å². The molecule has 1 saturated carbocycles. The van der Waals surface area contributed by atoms with Crippen LogP contribution in [0.15, 0.2) is 0 Å². The van der Waals surface area contributed by atoms with E-state index >= 15 is 0 Å². The highest BCUT2D eigenvalue weighted by molar-refractivity contribution is 4.70. The van der Waals surface area contributed by atoms with Crippen LogP contribution in [0.1, 0.15) is 72.1 Å². The summed E-state index contributed by atoms with van der Waals surface area (Å²) in [7, 11) is 1.89. The monoisotopic (exact) mass is 240 g/mol. The second kappa shape index (κ2) is 8.13. The highest BCUT2D eigenvalue weighted by Crippen LogP contribution is 2.26. The molecule has 0 radical (unpaired) electrons. The first kappa shape index (κ1) is 15.0. The number of ether oxygens (including phenoxy) is 1. The first-order valence-corrected chi connectivity index (χ1v) is 7.66. The lowest BCUT2D eigenvalue weighted by atomic mass is 9.86. The minimum absolute atomic E-state index is 0.497. The standard InChI is InChI=1S/C16H32O/c1-13-7-5-9-15(3)16(17-4)10-6-8-14(2)12-11-13/h13-16H,5-12H2,1-4H3. The molecular weight excluding hydrogens is 208 g/mol. The molecule has 1 heteroatoms. The van der Waals surface area contributed by atoms with Crippen molar-refractivity contribution < 1.29 is 4.74 Å². The predicted octanol–water partition coefficient (Wildman–Crippen LogP) is 5.04. The Morgan fingerprint density at radius 1 is 0.706 bits per heavy atom. The molecule has 0 aromatic rings. The molecule has 4 unspecified atom stereocenters. The molecule has 0 aliphatic heterocycles. The molecule has 0 N–H and O–H groups in total. The number of rotatable bonds is 1. The summed E-state index contributed by atoms with van der Waals surface area (Å²) in [4.78, 5) is 0. The van der Waals surface area contributed by atoms with Gasteiger partial charge in [-0.1, -0.05) is 59.3 Å². The first-order chi connectivity index (χ1) is 8.13. The van der Waals surface area contributed by atoms with E-state index in [0.717, 1.165) is 17.8 Å². The van der Waals surface area contributed by atoms with Gasteiger partial charge in [0.15, 0.2) is 0 Å². The van der Waals surface area contributed by atoms with Crippen LogP contribution in [0.3, 0.4) is 0 Å². The summed E-state index contributed by atoms with van der Waals surface area (Å²) >= 11 is 0. The third kappa shape index (κ3) is 5.90. The van der Waals surface area contributed by atoms with Gasteiger partial charge in [-0.05, 0) is 30.6 Å². The van der Waals surface area contributed by atoms with Crippen molar-refractivity contribution in [3.63, 3.8) is 0 Å². The summed E-state index contributed by atoms with van der Waals surface area (Å²) in [5.74, 6) is 2.57. The Morgan fingerprint density at radius 3 is 1.76 bits per heavy atom. The number of hydrogen-bond donors (Lipinski definition) is 0. The van der Waals surface area contributed by atoms with Crippen LogP contribution in [-0.4, -0.2) is 13.2 Å². The lowest BCUT2D eigenvalue weighted by Gasteiger charge is -2.25. The van der Waals surface area contributed by atoms with Crippen molar-refractivity contribution >= 4 is 0 Å². The Morgan fingerprint density at radius 2 is 1.24 bits per heavy atom. The molecule has 1 aliphatic rings. The SMILES string of the molecule is COC1CCCC(C)CCC(C)CCCC1C. The van der Waals surface area contributed by atoms with Crippen LogP contribution >= 0.6 is 0 Å². The van der Waals surface area contributed by atoms with Crippen molar-refractivity contribution in [2.24, 2.45) is 17.8 Å². The average molecular weight is 240 g/mol. The van der Waals surface area contributed by atoms with Crippen LogP contribution < -0.4 is 0 Å². The third-order valence-corrected chi connectivity index (χ3v) is 4.63. The van der Waals surface area contributed by atoms with Crippen molar-refractivity contribution in [1.82, 2.24) is 0 Å². The molecular formula is C16H32O. The van der Waals surface area contributed by atoms with E-state index in [2.05, 4.69) is 20.8 Å². The quantitative estimate of drug-likeness (QED) is 0.623. The summed E-state index contributed by atoms with van der Waals surface area (Å²) < 4.78 is 5.67. The van der Waals surface area contributed by atoms with E-state index < -0.39 is 0 Å². The van der Waals surface area contributed by atoms with Gasteiger partial charge >= 0.3 is 0 Å². The van der Waals surface area contributed by atoms with Crippen molar-refractivity contribution in [2.75, 3.05) is 7.11 Å². The van der Waals surface area contributed by atoms with E-state index in [1.807, 2.05) is 7.11 Å². The maximum atomic E-state index is 5.67. The molecule has 102 valence electrons. The Bertz CT molecular complexity index is 190. The van der Waals surface area contributed by atoms with Crippen LogP contribution in [0, 0.1) is 17.8 Å². The Kier molecular flexibility index (Phi) is 7.18. The van der Waals surface area contributed by atoms with E-state index in [-0.39, 0.29) is 0 Å². The lowest BCUT2D eigenvalue weighted by Crippen LogP contribution is -2.21. The van der Waals surface area contributed by atoms with E-state index in [1.54, 1.807) is 0 Å². The second-order valence-electron chi connectivity index (χ2n) is 6.40. The minimum atomic E-state index is 0.497. The predicted molar refractivity (Wildman–Crippen MR) is 75.2 cm³/mol. The summed E-state index contributed by atoms with van der Waals surface area (Å²) in [5, 5.41) is 0. The highest BCUT2D eigenvalue weighted by Gasteiger charge is 2.18. The lowest BCUT2D eigenvalue weighted by molar-refractivity contribution is 0.0438. The molecule has 4 atom stereocenters. The van der Waals surface area contributed by atoms with Gasteiger partial charge in [-0.2, -0.15) is 0 Å². The normalized spacial score (nSPS) is 38.1. The first-order valence-electron chi connectivity index (χ1n) is 7.66. The molecule has 0 heterocycles. The molecule has 17 heavy (non-hydrogen) atoms. The van der Waals surface area contributed by atoms with Gasteiger partial charge in [0.1, 0.15) is 0 Å². The minimum Gasteiger partial charge on any atom is -0.381 e. The topological polar surface area (TPSA) is 9.23 Å². The van der Waals surface area contributed by atoms with Gasteiger partial charge < -0.3 is 4.74 Å². The summed E-state index contributed by atoms with van der Waals surface area (Å²) in [6.07, 6.45) is 11.5. The van der Waals surface area contributed by atoms with Crippen LogP contribution in [0.2, 0.25) is 0 Å². The van der Waals surface area contributed by atoms with Crippen molar-refractivity contribution in [1.29, 1.82) is 0 Å². The van der Waals surface area contributed by atoms with E-state index in [9.17, 15) is 0 Å². The number of hydrogen-bond acceptors (Lipinski definition) is 1. The van der Waals surface area contributed by atoms with Crippen LogP contribution in [0.5, 0.6) is 0 Å². The smallest absolute Gasteiger partial charge is 0.0596 e. The van der Waals surface area contributed by atoms with E-state index in [4.69, 9.17) is 4.74 Å². The Balaban J connectivity index is 2.46. The van der Waals surface area contributed by atoms with E-state index in [0.29, 0.717) is 6.10 Å². The van der Waals surface area contributed by atoms with Gasteiger partial charge in [-0.25, -0.2) is 0 Å². The molecule has 0 aromatic carbocycles. The Labute approximate surface area is 108 Å². The summed E-state index contributed by atoms with van der Waals surface area (Å²) in [6, 6.07) is 0. The molecule has 1 aliphatic carbocycles. The van der Waals surface area contributed by atoms with Gasteiger partial charge in [0, 0.05) is 7.11 Å². The van der Waals surface area contributed by atoms with Crippen molar-refractivity contribution in [3.8, 4) is 0 Å². The molecule has 0 amide bonds. The number of methoxy groups -OCH3 is 1. The maximum Gasteiger partial charge on any atom is 0.0596 e. The van der Waals surface area contributed by atoms with E-state index in [1.165, 1.54) is 51.4 Å². The van der Waals surface area contributed by atoms with Crippen molar-refractivity contribution in [3.05, 3.63) is 0 Å². The van der Waals surface area contributed by atoms with Crippen molar-refractivity contribution in [2.45, 2.75) is 78.2 Å². The molecule has 0 saturated heterocycles. The molecule has 0 spiro atoms. The maximum absolute atomic E-state index is 5.67. The fourth-order valence-corrected chi connectivity index (χ4v) is 3.13. The molecule has 1 fully saturated rings. The zero-order chi connectivity index (χ0) is 12.7. The summed E-state index contributed by atoms with van der Waals surface area (Å²) in [6.45, 7) is 7.22. The van der Waals surface area contributed by atoms with Crippen LogP contribution in [0.25, 0.3) is 0 Å². The fraction of sp³-hybridized carbons (Fsp3) is 1.00. The summed E-state index contributed by atoms with van der Waals surface area (Å²) in [5.41, 5.74) is 0. The molecule has 0 aromatic heterocycles. The van der Waals surface area contributed by atoms with Gasteiger partial charge in [-0.15, -0.1) is 0 Å². The largest absolute Gasteiger partial charge is 0.381 e. The van der Waals surface area contributed by atoms with Gasteiger partial charge in [0.2, 0.25) is 0 Å².